The number of hydrogen-bond acceptors (Lipinski definition) is 7. The molecule has 4 aromatic heterocycles. The average Bonchev–Trinajstić information content (AvgIpc) is 3.47. The van der Waals surface area contributed by atoms with Gasteiger partial charge in [0.15, 0.2) is 5.65 Å². The van der Waals surface area contributed by atoms with E-state index >= 15 is 0 Å². The van der Waals surface area contributed by atoms with Crippen molar-refractivity contribution in [2.75, 3.05) is 6.61 Å². The lowest BCUT2D eigenvalue weighted by Gasteiger charge is -2.15. The molecule has 0 saturated carbocycles. The van der Waals surface area contributed by atoms with Gasteiger partial charge in [-0.3, -0.25) is 4.79 Å². The van der Waals surface area contributed by atoms with Gasteiger partial charge >= 0.3 is 0 Å². The summed E-state index contributed by atoms with van der Waals surface area (Å²) in [6.45, 7) is 8.36. The number of rotatable bonds is 8. The molecule has 0 aliphatic heterocycles. The van der Waals surface area contributed by atoms with E-state index in [9.17, 15) is 9.90 Å². The molecule has 1 N–H and O–H groups in total. The number of nitrogens with zero attached hydrogens (tertiary/aromatic N) is 6. The summed E-state index contributed by atoms with van der Waals surface area (Å²) in [4.78, 5) is 17.8. The fourth-order valence-electron chi connectivity index (χ4n) is 4.11. The molecule has 0 radical (unpaired) electrons. The summed E-state index contributed by atoms with van der Waals surface area (Å²) in [7, 11) is 0.688. The first-order chi connectivity index (χ1) is 16.3. The molecule has 1 aromatic carbocycles. The van der Waals surface area contributed by atoms with E-state index in [-0.39, 0.29) is 12.2 Å². The van der Waals surface area contributed by atoms with Gasteiger partial charge in [-0.05, 0) is 17.7 Å². The first kappa shape index (κ1) is 22.9. The van der Waals surface area contributed by atoms with Gasteiger partial charge in [0.2, 0.25) is 0 Å². The van der Waals surface area contributed by atoms with Crippen molar-refractivity contribution < 1.29 is 9.84 Å². The Balaban J connectivity index is 1.44. The van der Waals surface area contributed by atoms with Gasteiger partial charge in [-0.1, -0.05) is 31.8 Å². The summed E-state index contributed by atoms with van der Waals surface area (Å²) >= 11 is 1.39. The predicted octanol–water partition coefficient (Wildman–Crippen LogP) is 3.55. The lowest BCUT2D eigenvalue weighted by molar-refractivity contribution is 0.0817. The van der Waals surface area contributed by atoms with Gasteiger partial charge in [-0.25, -0.2) is 14.3 Å². The van der Waals surface area contributed by atoms with Crippen LogP contribution in [0.3, 0.4) is 0 Å². The molecular weight excluding hydrogens is 468 g/mol. The summed E-state index contributed by atoms with van der Waals surface area (Å²) in [6, 6.07) is 7.10. The van der Waals surface area contributed by atoms with E-state index < -0.39 is 8.07 Å². The second-order valence-corrected chi connectivity index (χ2v) is 16.4. The smallest absolute Gasteiger partial charge is 0.291 e. The van der Waals surface area contributed by atoms with E-state index in [1.165, 1.54) is 16.0 Å². The van der Waals surface area contributed by atoms with Crippen molar-refractivity contribution in [1.29, 1.82) is 0 Å². The Morgan fingerprint density at radius 2 is 1.88 bits per heavy atom. The second kappa shape index (κ2) is 8.73. The van der Waals surface area contributed by atoms with Crippen molar-refractivity contribution in [2.45, 2.75) is 45.6 Å². The highest BCUT2D eigenvalue weighted by Crippen LogP contribution is 2.30. The lowest BCUT2D eigenvalue weighted by atomic mass is 10.1. The quantitative estimate of drug-likeness (QED) is 0.261. The van der Waals surface area contributed by atoms with Crippen LogP contribution in [0, 0.1) is 0 Å². The maximum Gasteiger partial charge on any atom is 0.291 e. The van der Waals surface area contributed by atoms with Crippen LogP contribution in [0.15, 0.2) is 35.4 Å². The number of aliphatic hydroxyl groups is 1. The number of fused-ring (bicyclic) bond motifs is 4. The lowest BCUT2D eigenvalue weighted by Crippen LogP contribution is -2.24. The summed E-state index contributed by atoms with van der Waals surface area (Å²) in [6.07, 6.45) is 3.54. The molecule has 0 aliphatic carbocycles. The molecule has 0 fully saturated rings. The van der Waals surface area contributed by atoms with Crippen molar-refractivity contribution in [2.24, 2.45) is 7.05 Å². The minimum absolute atomic E-state index is 0.119. The molecule has 0 bridgehead atoms. The first-order valence-electron chi connectivity index (χ1n) is 11.2. The third-order valence-corrected chi connectivity index (χ3v) is 8.78. The van der Waals surface area contributed by atoms with E-state index in [2.05, 4.69) is 34.8 Å². The Morgan fingerprint density at radius 3 is 2.65 bits per heavy atom. The van der Waals surface area contributed by atoms with Crippen molar-refractivity contribution in [3.05, 3.63) is 51.5 Å². The van der Waals surface area contributed by atoms with Crippen LogP contribution in [0.1, 0.15) is 10.6 Å². The van der Waals surface area contributed by atoms with E-state index in [1.54, 1.807) is 10.8 Å². The Bertz CT molecular complexity index is 1560. The van der Waals surface area contributed by atoms with Gasteiger partial charge < -0.3 is 14.4 Å². The van der Waals surface area contributed by atoms with Crippen LogP contribution >= 0.6 is 11.3 Å². The van der Waals surface area contributed by atoms with Crippen molar-refractivity contribution in [3.63, 3.8) is 0 Å². The number of ether oxygens (including phenoxy) is 1. The van der Waals surface area contributed by atoms with E-state index in [0.717, 1.165) is 39.2 Å². The summed E-state index contributed by atoms with van der Waals surface area (Å²) < 4.78 is 11.9. The highest BCUT2D eigenvalue weighted by molar-refractivity contribution is 7.19. The molecule has 0 atom stereocenters. The molecule has 5 aromatic rings. The largest absolute Gasteiger partial charge is 0.389 e. The third-order valence-electron chi connectivity index (χ3n) is 6.01. The fraction of sp³-hybridized carbons (Fsp3) is 0.391. The van der Waals surface area contributed by atoms with Crippen molar-refractivity contribution in [1.82, 2.24) is 29.1 Å². The second-order valence-electron chi connectivity index (χ2n) is 9.69. The van der Waals surface area contributed by atoms with Gasteiger partial charge in [0.05, 0.1) is 35.8 Å². The standard InChI is InChI=1S/C23H28N6O3SSi/c1-27-20-17(21-22(27)26-19(13-30)33-21)11-24-28(23(20)31)12-15-6-5-7-18-16(15)10-25-29(18)14-32-8-9-34(2,3)4/h5-7,10-11,30H,8-9,12-14H2,1-4H3. The molecule has 0 amide bonds. The topological polar surface area (TPSA) is 100.0 Å². The van der Waals surface area contributed by atoms with Crippen LogP contribution in [0.5, 0.6) is 0 Å². The number of hydrogen-bond donors (Lipinski definition) is 1. The van der Waals surface area contributed by atoms with Crippen LogP contribution < -0.4 is 5.56 Å². The predicted molar refractivity (Wildman–Crippen MR) is 137 cm³/mol. The molecular formula is C23H28N6O3SSi. The number of aliphatic hydroxyl groups excluding tert-OH is 1. The van der Waals surface area contributed by atoms with Crippen LogP contribution in [0.4, 0.5) is 0 Å². The zero-order chi connectivity index (χ0) is 24.0. The van der Waals surface area contributed by atoms with Crippen molar-refractivity contribution >= 4 is 51.6 Å². The number of aromatic nitrogens is 6. The molecule has 0 aliphatic rings. The monoisotopic (exact) mass is 496 g/mol. The van der Waals surface area contributed by atoms with Crippen molar-refractivity contribution in [3.8, 4) is 0 Å². The molecule has 178 valence electrons. The maximum atomic E-state index is 13.3. The van der Waals surface area contributed by atoms with Crippen LogP contribution in [0.2, 0.25) is 25.7 Å². The Kier molecular flexibility index (Phi) is 5.88. The maximum absolute atomic E-state index is 13.3. The van der Waals surface area contributed by atoms with E-state index in [4.69, 9.17) is 4.74 Å². The third kappa shape index (κ3) is 4.09. The van der Waals surface area contributed by atoms with Gasteiger partial charge in [-0.15, -0.1) is 11.3 Å². The molecule has 0 unspecified atom stereocenters. The first-order valence-corrected chi connectivity index (χ1v) is 15.7. The SMILES string of the molecule is Cn1c2nc(CO)sc2c2cnn(Cc3cccc4c3cnn4COCC[Si](C)(C)C)c(=O)c21. The van der Waals surface area contributed by atoms with Gasteiger partial charge in [0, 0.05) is 32.5 Å². The zero-order valence-corrected chi connectivity index (χ0v) is 21.6. The zero-order valence-electron chi connectivity index (χ0n) is 19.8. The van der Waals surface area contributed by atoms with Gasteiger partial charge in [-0.2, -0.15) is 10.2 Å². The van der Waals surface area contributed by atoms with Gasteiger partial charge in [0.1, 0.15) is 17.3 Å². The number of aryl methyl sites for hydroxylation is 1. The molecule has 34 heavy (non-hydrogen) atoms. The van der Waals surface area contributed by atoms with E-state index in [1.807, 2.05) is 36.1 Å². The Morgan fingerprint density at radius 1 is 1.12 bits per heavy atom. The number of benzene rings is 1. The van der Waals surface area contributed by atoms with Crippen LogP contribution in [-0.2, 0) is 31.7 Å². The molecule has 0 saturated heterocycles. The molecule has 11 heteroatoms. The minimum atomic E-state index is -1.14. The average molecular weight is 497 g/mol. The summed E-state index contributed by atoms with van der Waals surface area (Å²) in [5.74, 6) is 0. The molecule has 9 nitrogen and oxygen atoms in total. The Hall–Kier alpha value is -2.86. The highest BCUT2D eigenvalue weighted by Gasteiger charge is 2.19. The highest BCUT2D eigenvalue weighted by atomic mass is 32.1. The molecule has 4 heterocycles. The fourth-order valence-corrected chi connectivity index (χ4v) is 5.83. The number of thiazole rings is 1. The van der Waals surface area contributed by atoms with Gasteiger partial charge in [0.25, 0.3) is 5.56 Å². The summed E-state index contributed by atoms with van der Waals surface area (Å²) in [5, 5.41) is 20.7. The Labute approximate surface area is 201 Å². The molecule has 0 spiro atoms. The van der Waals surface area contributed by atoms with Crippen LogP contribution in [-0.4, -0.2) is 48.9 Å². The normalized spacial score (nSPS) is 12.5. The molecule has 5 rings (SSSR count). The van der Waals surface area contributed by atoms with Crippen LogP contribution in [0.25, 0.3) is 32.2 Å². The summed E-state index contributed by atoms with van der Waals surface area (Å²) in [5.41, 5.74) is 3.02. The minimum Gasteiger partial charge on any atom is -0.389 e. The van der Waals surface area contributed by atoms with E-state index in [0.29, 0.717) is 29.4 Å².